The molecular weight excluding hydrogens is 360 g/mol. The third-order valence-electron chi connectivity index (χ3n) is 5.33. The van der Waals surface area contributed by atoms with Crippen LogP contribution in [0, 0.1) is 0 Å². The minimum Gasteiger partial charge on any atom is -0.305 e. The lowest BCUT2D eigenvalue weighted by Gasteiger charge is -2.31. The van der Waals surface area contributed by atoms with Crippen molar-refractivity contribution in [1.29, 1.82) is 0 Å². The molecule has 0 N–H and O–H groups in total. The lowest BCUT2D eigenvalue weighted by Crippen LogP contribution is -2.36. The van der Waals surface area contributed by atoms with Crippen molar-refractivity contribution in [3.8, 4) is 0 Å². The fourth-order valence-electron chi connectivity index (χ4n) is 3.98. The van der Waals surface area contributed by atoms with Crippen molar-refractivity contribution >= 4 is 35.1 Å². The maximum Gasteiger partial charge on any atom is 0.190 e. The van der Waals surface area contributed by atoms with Crippen molar-refractivity contribution in [1.82, 2.24) is 19.8 Å². The topological polar surface area (TPSA) is 32.3 Å². The summed E-state index contributed by atoms with van der Waals surface area (Å²) >= 11 is 10.2. The van der Waals surface area contributed by atoms with Crippen LogP contribution in [0.5, 0.6) is 0 Å². The van der Waals surface area contributed by atoms with E-state index in [1.165, 1.54) is 44.3 Å². The normalized spacial score (nSPS) is 27.9. The van der Waals surface area contributed by atoms with Crippen LogP contribution in [0.4, 0.5) is 0 Å². The fourth-order valence-corrected chi connectivity index (χ4v) is 6.87. The summed E-state index contributed by atoms with van der Waals surface area (Å²) in [5.74, 6) is 1.59. The van der Waals surface area contributed by atoms with Crippen LogP contribution in [0.1, 0.15) is 37.2 Å². The Morgan fingerprint density at radius 2 is 2.04 bits per heavy atom. The molecule has 0 aromatic carbocycles. The van der Waals surface area contributed by atoms with Crippen molar-refractivity contribution in [3.05, 3.63) is 10.7 Å². The van der Waals surface area contributed by atoms with Crippen LogP contribution in [-0.2, 0) is 0 Å². The zero-order valence-electron chi connectivity index (χ0n) is 14.2. The van der Waals surface area contributed by atoms with Gasteiger partial charge >= 0.3 is 0 Å². The minimum atomic E-state index is 0.543. The molecule has 0 bridgehead atoms. The standard InChI is InChI=1S/C17H25ClN4S2/c1-21-8-5-12-13(11-21)24-16-14(12)15(18)19-17(20-16)23-10-9-22-6-3-2-4-7-22/h12-13H,2-11H2,1H3. The van der Waals surface area contributed by atoms with E-state index >= 15 is 0 Å². The van der Waals surface area contributed by atoms with Gasteiger partial charge in [-0.3, -0.25) is 0 Å². The van der Waals surface area contributed by atoms with Crippen molar-refractivity contribution < 1.29 is 0 Å². The number of fused-ring (bicyclic) bond motifs is 3. The molecule has 3 aliphatic heterocycles. The molecular formula is C17H25ClN4S2. The average molecular weight is 385 g/mol. The number of hydrogen-bond donors (Lipinski definition) is 0. The van der Waals surface area contributed by atoms with Crippen molar-refractivity contribution in [2.45, 2.75) is 47.0 Å². The lowest BCUT2D eigenvalue weighted by atomic mass is 9.91. The van der Waals surface area contributed by atoms with E-state index < -0.39 is 0 Å². The number of thioether (sulfide) groups is 2. The number of aromatic nitrogens is 2. The number of piperidine rings is 2. The third kappa shape index (κ3) is 3.73. The highest BCUT2D eigenvalue weighted by Gasteiger charge is 2.40. The Hall–Kier alpha value is -0.0100. The van der Waals surface area contributed by atoms with Crippen LogP contribution in [0.2, 0.25) is 5.15 Å². The smallest absolute Gasteiger partial charge is 0.190 e. The number of nitrogens with zero attached hydrogens (tertiary/aromatic N) is 4. The van der Waals surface area contributed by atoms with E-state index in [1.54, 1.807) is 11.8 Å². The second-order valence-corrected chi connectivity index (χ2v) is 9.73. The summed E-state index contributed by atoms with van der Waals surface area (Å²) in [6, 6.07) is 0. The van der Waals surface area contributed by atoms with Gasteiger partial charge in [-0.25, -0.2) is 9.97 Å². The number of rotatable bonds is 4. The molecule has 2 fully saturated rings. The van der Waals surface area contributed by atoms with E-state index in [0.29, 0.717) is 16.3 Å². The van der Waals surface area contributed by atoms with E-state index in [1.807, 2.05) is 11.8 Å². The molecule has 1 aromatic heterocycles. The van der Waals surface area contributed by atoms with E-state index in [0.717, 1.165) is 35.6 Å². The Labute approximate surface area is 158 Å². The Balaban J connectivity index is 1.40. The quantitative estimate of drug-likeness (QED) is 0.448. The molecule has 0 amide bonds. The average Bonchev–Trinajstić information content (AvgIpc) is 2.93. The highest BCUT2D eigenvalue weighted by atomic mass is 35.5. The second kappa shape index (κ2) is 7.70. The van der Waals surface area contributed by atoms with Gasteiger partial charge < -0.3 is 9.80 Å². The molecule has 7 heteroatoms. The molecule has 0 radical (unpaired) electrons. The van der Waals surface area contributed by atoms with Crippen molar-refractivity contribution in [2.24, 2.45) is 0 Å². The zero-order chi connectivity index (χ0) is 16.5. The van der Waals surface area contributed by atoms with Gasteiger partial charge in [0.1, 0.15) is 10.2 Å². The van der Waals surface area contributed by atoms with Crippen LogP contribution < -0.4 is 0 Å². The van der Waals surface area contributed by atoms with Gasteiger partial charge in [-0.1, -0.05) is 29.8 Å². The van der Waals surface area contributed by atoms with Crippen molar-refractivity contribution in [2.75, 3.05) is 45.5 Å². The van der Waals surface area contributed by atoms with Crippen molar-refractivity contribution in [3.63, 3.8) is 0 Å². The molecule has 0 spiro atoms. The highest BCUT2D eigenvalue weighted by Crippen LogP contribution is 2.50. The highest BCUT2D eigenvalue weighted by molar-refractivity contribution is 8.00. The summed E-state index contributed by atoms with van der Waals surface area (Å²) in [5.41, 5.74) is 1.22. The van der Waals surface area contributed by atoms with Gasteiger partial charge in [0.15, 0.2) is 5.16 Å². The molecule has 4 heterocycles. The monoisotopic (exact) mass is 384 g/mol. The van der Waals surface area contributed by atoms with E-state index in [2.05, 4.69) is 21.8 Å². The summed E-state index contributed by atoms with van der Waals surface area (Å²) in [5, 5.41) is 3.29. The first-order valence-electron chi connectivity index (χ1n) is 8.98. The second-order valence-electron chi connectivity index (χ2n) is 7.08. The predicted octanol–water partition coefficient (Wildman–Crippen LogP) is 3.60. The first-order valence-corrected chi connectivity index (χ1v) is 11.2. The largest absolute Gasteiger partial charge is 0.305 e. The Morgan fingerprint density at radius 1 is 1.21 bits per heavy atom. The Morgan fingerprint density at radius 3 is 2.88 bits per heavy atom. The predicted molar refractivity (Wildman–Crippen MR) is 103 cm³/mol. The first-order chi connectivity index (χ1) is 11.7. The van der Waals surface area contributed by atoms with Crippen LogP contribution >= 0.6 is 35.1 Å². The Kier molecular flexibility index (Phi) is 5.59. The molecule has 0 aliphatic carbocycles. The summed E-state index contributed by atoms with van der Waals surface area (Å²) in [6.45, 7) is 5.90. The zero-order valence-corrected chi connectivity index (χ0v) is 16.6. The van der Waals surface area contributed by atoms with Gasteiger partial charge in [0, 0.05) is 35.6 Å². The van der Waals surface area contributed by atoms with Crippen LogP contribution in [-0.4, -0.2) is 70.5 Å². The van der Waals surface area contributed by atoms with Crippen LogP contribution in [0.25, 0.3) is 0 Å². The SMILES string of the molecule is CN1CCC2c3c(Cl)nc(SCCN4CCCCC4)nc3SC2C1. The van der Waals surface area contributed by atoms with Crippen LogP contribution in [0.15, 0.2) is 10.2 Å². The maximum absolute atomic E-state index is 6.56. The molecule has 1 aromatic rings. The van der Waals surface area contributed by atoms with Gasteiger partial charge in [-0.2, -0.15) is 0 Å². The van der Waals surface area contributed by atoms with Gasteiger partial charge in [0.2, 0.25) is 0 Å². The van der Waals surface area contributed by atoms with Gasteiger partial charge in [0.25, 0.3) is 0 Å². The third-order valence-corrected chi connectivity index (χ3v) is 7.76. The minimum absolute atomic E-state index is 0.543. The molecule has 3 aliphatic rings. The van der Waals surface area contributed by atoms with E-state index in [4.69, 9.17) is 16.6 Å². The first kappa shape index (κ1) is 17.4. The molecule has 132 valence electrons. The molecule has 4 nitrogen and oxygen atoms in total. The molecule has 4 rings (SSSR count). The summed E-state index contributed by atoms with van der Waals surface area (Å²) in [6.07, 6.45) is 5.26. The Bertz CT molecular complexity index is 594. The summed E-state index contributed by atoms with van der Waals surface area (Å²) in [4.78, 5) is 14.4. The fraction of sp³-hybridized carbons (Fsp3) is 0.765. The van der Waals surface area contributed by atoms with E-state index in [9.17, 15) is 0 Å². The molecule has 24 heavy (non-hydrogen) atoms. The lowest BCUT2D eigenvalue weighted by molar-refractivity contribution is 0.242. The summed E-state index contributed by atoms with van der Waals surface area (Å²) in [7, 11) is 2.20. The molecule has 2 unspecified atom stereocenters. The summed E-state index contributed by atoms with van der Waals surface area (Å²) < 4.78 is 0. The number of halogens is 1. The number of hydrogen-bond acceptors (Lipinski definition) is 6. The molecule has 0 saturated carbocycles. The van der Waals surface area contributed by atoms with Gasteiger partial charge in [0.05, 0.1) is 0 Å². The maximum atomic E-state index is 6.56. The van der Waals surface area contributed by atoms with E-state index in [-0.39, 0.29) is 0 Å². The number of likely N-dealkylation sites (tertiary alicyclic amines) is 2. The molecule has 2 saturated heterocycles. The van der Waals surface area contributed by atoms with Gasteiger partial charge in [-0.15, -0.1) is 11.8 Å². The molecule has 2 atom stereocenters. The van der Waals surface area contributed by atoms with Crippen LogP contribution in [0.3, 0.4) is 0 Å². The van der Waals surface area contributed by atoms with Gasteiger partial charge in [-0.05, 0) is 45.9 Å².